The van der Waals surface area contributed by atoms with Gasteiger partial charge in [-0.2, -0.15) is 0 Å². The van der Waals surface area contributed by atoms with Crippen molar-refractivity contribution in [2.24, 2.45) is 11.7 Å². The molecule has 0 bridgehead atoms. The summed E-state index contributed by atoms with van der Waals surface area (Å²) in [5, 5.41) is 0. The van der Waals surface area contributed by atoms with Crippen LogP contribution in [-0.2, 0) is 10.0 Å². The first-order valence-electron chi connectivity index (χ1n) is 6.24. The fraction of sp³-hybridized carbons (Fsp3) is 0.538. The van der Waals surface area contributed by atoms with E-state index in [-0.39, 0.29) is 10.9 Å². The van der Waals surface area contributed by atoms with Crippen LogP contribution in [0.2, 0.25) is 0 Å². The number of hydrogen-bond donors (Lipinski definition) is 2. The van der Waals surface area contributed by atoms with Crippen LogP contribution in [0.15, 0.2) is 27.6 Å². The highest BCUT2D eigenvalue weighted by molar-refractivity contribution is 9.10. The van der Waals surface area contributed by atoms with Crippen molar-refractivity contribution in [3.63, 3.8) is 0 Å². The van der Waals surface area contributed by atoms with Crippen LogP contribution >= 0.6 is 15.9 Å². The SMILES string of the molecule is Cc1cc(S(=O)(=O)NC(CN)CC(C)C)ccc1Br. The van der Waals surface area contributed by atoms with Gasteiger partial charge in [-0.05, 0) is 43.0 Å². The standard InChI is InChI=1S/C13H21BrN2O2S/c1-9(2)6-11(8-15)16-19(17,18)12-4-5-13(14)10(3)7-12/h4-5,7,9,11,16H,6,8,15H2,1-3H3. The number of nitrogens with two attached hydrogens (primary N) is 1. The number of aryl methyl sites for hydroxylation is 1. The third-order valence-electron chi connectivity index (χ3n) is 2.80. The summed E-state index contributed by atoms with van der Waals surface area (Å²) < 4.78 is 28.1. The zero-order valence-electron chi connectivity index (χ0n) is 11.5. The quantitative estimate of drug-likeness (QED) is 0.828. The van der Waals surface area contributed by atoms with E-state index in [9.17, 15) is 8.42 Å². The molecular weight excluding hydrogens is 328 g/mol. The van der Waals surface area contributed by atoms with Crippen molar-refractivity contribution < 1.29 is 8.42 Å². The Bertz CT molecular complexity index is 529. The Morgan fingerprint density at radius 1 is 1.37 bits per heavy atom. The van der Waals surface area contributed by atoms with E-state index in [2.05, 4.69) is 20.7 Å². The highest BCUT2D eigenvalue weighted by Crippen LogP contribution is 2.20. The van der Waals surface area contributed by atoms with E-state index in [1.165, 1.54) is 0 Å². The minimum absolute atomic E-state index is 0.228. The molecule has 6 heteroatoms. The first-order valence-corrected chi connectivity index (χ1v) is 8.52. The minimum atomic E-state index is -3.51. The molecule has 1 aromatic carbocycles. The van der Waals surface area contributed by atoms with Gasteiger partial charge in [-0.1, -0.05) is 29.8 Å². The second-order valence-electron chi connectivity index (χ2n) is 5.09. The molecule has 0 spiro atoms. The monoisotopic (exact) mass is 348 g/mol. The molecule has 0 saturated carbocycles. The van der Waals surface area contributed by atoms with E-state index in [0.717, 1.165) is 16.5 Å². The molecule has 0 amide bonds. The summed E-state index contributed by atoms with van der Waals surface area (Å²) in [6.07, 6.45) is 0.727. The lowest BCUT2D eigenvalue weighted by Gasteiger charge is -2.19. The van der Waals surface area contributed by atoms with E-state index >= 15 is 0 Å². The molecule has 108 valence electrons. The van der Waals surface area contributed by atoms with Crippen molar-refractivity contribution in [2.75, 3.05) is 6.54 Å². The lowest BCUT2D eigenvalue weighted by atomic mass is 10.1. The first-order chi connectivity index (χ1) is 8.76. The molecule has 3 N–H and O–H groups in total. The molecule has 1 aromatic rings. The molecule has 0 aliphatic carbocycles. The van der Waals surface area contributed by atoms with Gasteiger partial charge in [0.05, 0.1) is 4.90 Å². The third kappa shape index (κ3) is 4.87. The van der Waals surface area contributed by atoms with Gasteiger partial charge in [0, 0.05) is 17.1 Å². The molecule has 0 fully saturated rings. The Kier molecular flexibility index (Phi) is 5.98. The lowest BCUT2D eigenvalue weighted by molar-refractivity contribution is 0.465. The van der Waals surface area contributed by atoms with Gasteiger partial charge in [-0.25, -0.2) is 13.1 Å². The highest BCUT2D eigenvalue weighted by Gasteiger charge is 2.20. The molecule has 0 aliphatic rings. The minimum Gasteiger partial charge on any atom is -0.329 e. The van der Waals surface area contributed by atoms with Gasteiger partial charge in [-0.3, -0.25) is 0 Å². The van der Waals surface area contributed by atoms with E-state index in [1.54, 1.807) is 18.2 Å². The number of nitrogens with one attached hydrogen (secondary N) is 1. The van der Waals surface area contributed by atoms with Gasteiger partial charge >= 0.3 is 0 Å². The van der Waals surface area contributed by atoms with Gasteiger partial charge in [0.25, 0.3) is 0 Å². The Morgan fingerprint density at radius 2 is 2.00 bits per heavy atom. The molecule has 1 rings (SSSR count). The predicted octanol–water partition coefficient (Wildman–Crippen LogP) is 2.41. The molecular formula is C13H21BrN2O2S. The van der Waals surface area contributed by atoms with Crippen molar-refractivity contribution in [2.45, 2.75) is 38.1 Å². The Balaban J connectivity index is 2.93. The summed E-state index contributed by atoms with van der Waals surface area (Å²) in [5.41, 5.74) is 6.51. The molecule has 19 heavy (non-hydrogen) atoms. The third-order valence-corrected chi connectivity index (χ3v) is 5.21. The second kappa shape index (κ2) is 6.83. The summed E-state index contributed by atoms with van der Waals surface area (Å²) in [5.74, 6) is 0.392. The largest absolute Gasteiger partial charge is 0.329 e. The van der Waals surface area contributed by atoms with Crippen LogP contribution in [0.4, 0.5) is 0 Å². The molecule has 0 aromatic heterocycles. The number of hydrogen-bond acceptors (Lipinski definition) is 3. The predicted molar refractivity (Wildman–Crippen MR) is 81.5 cm³/mol. The highest BCUT2D eigenvalue weighted by atomic mass is 79.9. The average molecular weight is 349 g/mol. The van der Waals surface area contributed by atoms with E-state index in [1.807, 2.05) is 20.8 Å². The number of rotatable bonds is 6. The molecule has 0 radical (unpaired) electrons. The van der Waals surface area contributed by atoms with Gasteiger partial charge < -0.3 is 5.73 Å². The number of benzene rings is 1. The van der Waals surface area contributed by atoms with Gasteiger partial charge in [0.1, 0.15) is 0 Å². The summed E-state index contributed by atoms with van der Waals surface area (Å²) in [6, 6.07) is 4.75. The van der Waals surface area contributed by atoms with Crippen LogP contribution in [0.1, 0.15) is 25.8 Å². The van der Waals surface area contributed by atoms with Gasteiger partial charge in [0.2, 0.25) is 10.0 Å². The second-order valence-corrected chi connectivity index (χ2v) is 7.66. The topological polar surface area (TPSA) is 72.2 Å². The molecule has 0 saturated heterocycles. The van der Waals surface area contributed by atoms with Crippen molar-refractivity contribution in [1.29, 1.82) is 0 Å². The fourth-order valence-electron chi connectivity index (χ4n) is 1.83. The molecule has 4 nitrogen and oxygen atoms in total. The Hall–Kier alpha value is -0.430. The molecule has 1 atom stereocenters. The van der Waals surface area contributed by atoms with Crippen molar-refractivity contribution >= 4 is 26.0 Å². The Labute approximate surface area is 124 Å². The first kappa shape index (κ1) is 16.6. The zero-order valence-corrected chi connectivity index (χ0v) is 13.9. The summed E-state index contributed by atoms with van der Waals surface area (Å²) in [4.78, 5) is 0.274. The van der Waals surface area contributed by atoms with Gasteiger partial charge in [-0.15, -0.1) is 0 Å². The van der Waals surface area contributed by atoms with Crippen LogP contribution in [0.25, 0.3) is 0 Å². The van der Waals surface area contributed by atoms with E-state index < -0.39 is 10.0 Å². The normalized spacial score (nSPS) is 13.8. The number of halogens is 1. The Morgan fingerprint density at radius 3 is 2.47 bits per heavy atom. The maximum atomic E-state index is 12.3. The van der Waals surface area contributed by atoms with E-state index in [4.69, 9.17) is 5.73 Å². The van der Waals surface area contributed by atoms with E-state index in [0.29, 0.717) is 12.5 Å². The maximum absolute atomic E-state index is 12.3. The van der Waals surface area contributed by atoms with Crippen LogP contribution in [0, 0.1) is 12.8 Å². The summed E-state index contributed by atoms with van der Waals surface area (Å²) in [6.45, 7) is 6.24. The van der Waals surface area contributed by atoms with Crippen LogP contribution in [0.5, 0.6) is 0 Å². The molecule has 1 unspecified atom stereocenters. The summed E-state index contributed by atoms with van der Waals surface area (Å²) >= 11 is 3.36. The summed E-state index contributed by atoms with van der Waals surface area (Å²) in [7, 11) is -3.51. The molecule has 0 heterocycles. The lowest BCUT2D eigenvalue weighted by Crippen LogP contribution is -2.40. The zero-order chi connectivity index (χ0) is 14.6. The van der Waals surface area contributed by atoms with Crippen LogP contribution < -0.4 is 10.5 Å². The number of sulfonamides is 1. The maximum Gasteiger partial charge on any atom is 0.240 e. The van der Waals surface area contributed by atoms with Gasteiger partial charge in [0.15, 0.2) is 0 Å². The van der Waals surface area contributed by atoms with Crippen LogP contribution in [-0.4, -0.2) is 21.0 Å². The van der Waals surface area contributed by atoms with Crippen molar-refractivity contribution in [3.8, 4) is 0 Å². The van der Waals surface area contributed by atoms with Crippen LogP contribution in [0.3, 0.4) is 0 Å². The fourth-order valence-corrected chi connectivity index (χ4v) is 3.43. The smallest absolute Gasteiger partial charge is 0.240 e. The van der Waals surface area contributed by atoms with Crippen molar-refractivity contribution in [3.05, 3.63) is 28.2 Å². The van der Waals surface area contributed by atoms with Crippen molar-refractivity contribution in [1.82, 2.24) is 4.72 Å². The molecule has 0 aliphatic heterocycles. The average Bonchev–Trinajstić information content (AvgIpc) is 2.30.